The Balaban J connectivity index is 0.00000106. The highest BCUT2D eigenvalue weighted by Gasteiger charge is 2.30. The molecule has 1 amide bonds. The number of halogens is 2. The summed E-state index contributed by atoms with van der Waals surface area (Å²) in [6.07, 6.45) is 0.809. The summed E-state index contributed by atoms with van der Waals surface area (Å²) in [7, 11) is 3.61. The molecule has 210 valence electrons. The highest BCUT2D eigenvalue weighted by Crippen LogP contribution is 2.31. The first-order valence-electron chi connectivity index (χ1n) is 13.1. The van der Waals surface area contributed by atoms with Crippen molar-refractivity contribution in [1.82, 2.24) is 24.7 Å². The number of fused-ring (bicyclic) bond motifs is 1. The number of nitrogens with one attached hydrogen (secondary N) is 2. The van der Waals surface area contributed by atoms with E-state index >= 15 is 0 Å². The van der Waals surface area contributed by atoms with Gasteiger partial charge in [-0.25, -0.2) is 9.18 Å². The average Bonchev–Trinajstić information content (AvgIpc) is 3.19. The molecule has 1 atom stereocenters. The minimum absolute atomic E-state index is 0.0715. The molecule has 9 nitrogen and oxygen atoms in total. The molecule has 4 rings (SSSR count). The third-order valence-corrected chi connectivity index (χ3v) is 6.52. The van der Waals surface area contributed by atoms with Crippen molar-refractivity contribution in [2.45, 2.75) is 52.6 Å². The maximum atomic E-state index is 15.0. The number of carbonyl (C=O) groups excluding carboxylic acids is 2. The molecule has 0 aliphatic carbocycles. The smallest absolute Gasteiger partial charge is 0.329 e. The second kappa shape index (κ2) is 16.1. The first kappa shape index (κ1) is 32.2. The van der Waals surface area contributed by atoms with Gasteiger partial charge in [-0.05, 0) is 18.6 Å². The molecule has 2 aliphatic heterocycles. The number of aldehydes is 1. The molecule has 0 bridgehead atoms. The number of anilines is 1. The van der Waals surface area contributed by atoms with Gasteiger partial charge in [0.25, 0.3) is 0 Å². The molecule has 2 N–H and O–H groups in total. The summed E-state index contributed by atoms with van der Waals surface area (Å²) in [6.45, 7) is 13.4. The Kier molecular flexibility index (Phi) is 14.1. The lowest BCUT2D eigenvalue weighted by Gasteiger charge is -2.44. The summed E-state index contributed by atoms with van der Waals surface area (Å²) in [5, 5.41) is 5.79. The van der Waals surface area contributed by atoms with Crippen molar-refractivity contribution in [3.05, 3.63) is 28.4 Å². The van der Waals surface area contributed by atoms with Gasteiger partial charge in [0.15, 0.2) is 0 Å². The van der Waals surface area contributed by atoms with Crippen molar-refractivity contribution in [1.29, 1.82) is 0 Å². The number of aromatic nitrogens is 2. The SMILES string of the molecule is CC.CC.CF.CNC(=O)CCC(C=O)n1c(=O)n(C)c2c(N3CCN(C4CNC4)CC3)ccc(F)c21. The van der Waals surface area contributed by atoms with Gasteiger partial charge in [0.1, 0.15) is 17.6 Å². The van der Waals surface area contributed by atoms with Crippen LogP contribution in [0.4, 0.5) is 14.5 Å². The van der Waals surface area contributed by atoms with Crippen molar-refractivity contribution in [3.63, 3.8) is 0 Å². The van der Waals surface area contributed by atoms with Gasteiger partial charge >= 0.3 is 5.69 Å². The largest absolute Gasteiger partial charge is 0.367 e. The Bertz CT molecular complexity index is 1040. The predicted molar refractivity (Wildman–Crippen MR) is 146 cm³/mol. The summed E-state index contributed by atoms with van der Waals surface area (Å²) in [5.41, 5.74) is 0.923. The van der Waals surface area contributed by atoms with Crippen molar-refractivity contribution in [2.75, 3.05) is 58.4 Å². The predicted octanol–water partition coefficient (Wildman–Crippen LogP) is 2.48. The summed E-state index contributed by atoms with van der Waals surface area (Å²) >= 11 is 0. The van der Waals surface area contributed by atoms with E-state index < -0.39 is 17.5 Å². The molecule has 2 aromatic rings. The number of hydrogen-bond donors (Lipinski definition) is 2. The number of benzene rings is 1. The standard InChI is InChI=1S/C21H29FN6O3.2C2H6.CH3F/c1-23-18(30)6-3-14(13-29)28-19-16(22)4-5-17(20(19)25(2)21(28)31)27-9-7-26(8-10-27)15-11-24-12-15;3*1-2/h4-5,13-15,24H,3,6-12H2,1-2H3,(H,23,30);2*1-2H3;1H3. The zero-order chi connectivity index (χ0) is 28.1. The number of hydrogen-bond acceptors (Lipinski definition) is 6. The minimum Gasteiger partial charge on any atom is -0.367 e. The van der Waals surface area contributed by atoms with Crippen LogP contribution in [0.3, 0.4) is 0 Å². The number of carbonyl (C=O) groups is 2. The van der Waals surface area contributed by atoms with Gasteiger partial charge in [0.2, 0.25) is 5.91 Å². The topological polar surface area (TPSA) is 91.6 Å². The van der Waals surface area contributed by atoms with Crippen LogP contribution >= 0.6 is 0 Å². The van der Waals surface area contributed by atoms with Crippen LogP contribution in [0.25, 0.3) is 11.0 Å². The van der Waals surface area contributed by atoms with E-state index in [-0.39, 0.29) is 24.3 Å². The second-order valence-corrected chi connectivity index (χ2v) is 8.23. The maximum Gasteiger partial charge on any atom is 0.329 e. The van der Waals surface area contributed by atoms with E-state index in [4.69, 9.17) is 0 Å². The van der Waals surface area contributed by atoms with Crippen LogP contribution in [0.15, 0.2) is 16.9 Å². The minimum atomic E-state index is -0.916. The van der Waals surface area contributed by atoms with Gasteiger partial charge in [-0.3, -0.25) is 23.2 Å². The molecular formula is C26H44F2N6O3. The molecule has 2 saturated heterocycles. The maximum absolute atomic E-state index is 15.0. The van der Waals surface area contributed by atoms with Crippen LogP contribution in [0.5, 0.6) is 0 Å². The molecule has 1 unspecified atom stereocenters. The summed E-state index contributed by atoms with van der Waals surface area (Å²) in [6, 6.07) is 2.73. The number of imidazole rings is 1. The van der Waals surface area contributed by atoms with Crippen LogP contribution in [0.2, 0.25) is 0 Å². The Labute approximate surface area is 218 Å². The normalized spacial score (nSPS) is 16.2. The van der Waals surface area contributed by atoms with Crippen molar-refractivity contribution >= 4 is 28.9 Å². The third kappa shape index (κ3) is 7.16. The van der Waals surface area contributed by atoms with E-state index in [1.807, 2.05) is 27.7 Å². The number of piperazine rings is 1. The number of alkyl halides is 1. The molecule has 1 aromatic heterocycles. The van der Waals surface area contributed by atoms with Crippen LogP contribution in [0, 0.1) is 5.82 Å². The number of nitrogens with zero attached hydrogens (tertiary/aromatic N) is 4. The lowest BCUT2D eigenvalue weighted by Crippen LogP contribution is -2.61. The number of rotatable bonds is 7. The van der Waals surface area contributed by atoms with E-state index in [1.165, 1.54) is 22.2 Å². The fraction of sp³-hybridized carbons (Fsp3) is 0.654. The molecule has 1 aromatic carbocycles. The van der Waals surface area contributed by atoms with E-state index in [1.54, 1.807) is 13.1 Å². The van der Waals surface area contributed by atoms with Gasteiger partial charge in [0.05, 0.1) is 24.4 Å². The number of amides is 1. The molecule has 2 aliphatic rings. The Morgan fingerprint density at radius 2 is 1.70 bits per heavy atom. The van der Waals surface area contributed by atoms with Crippen LogP contribution in [-0.2, 0) is 16.6 Å². The summed E-state index contributed by atoms with van der Waals surface area (Å²) in [5.74, 6) is -0.789. The zero-order valence-electron chi connectivity index (χ0n) is 23.3. The molecule has 0 saturated carbocycles. The van der Waals surface area contributed by atoms with E-state index in [9.17, 15) is 23.2 Å². The second-order valence-electron chi connectivity index (χ2n) is 8.23. The molecule has 0 radical (unpaired) electrons. The van der Waals surface area contributed by atoms with E-state index in [0.717, 1.165) is 45.0 Å². The fourth-order valence-electron chi connectivity index (χ4n) is 4.54. The first-order chi connectivity index (χ1) is 18.0. The van der Waals surface area contributed by atoms with Crippen LogP contribution in [-0.4, -0.2) is 85.8 Å². The molecule has 0 spiro atoms. The van der Waals surface area contributed by atoms with Crippen LogP contribution < -0.4 is 21.2 Å². The molecule has 3 heterocycles. The average molecular weight is 527 g/mol. The van der Waals surface area contributed by atoms with Crippen LogP contribution in [0.1, 0.15) is 46.6 Å². The van der Waals surface area contributed by atoms with Gasteiger partial charge < -0.3 is 20.3 Å². The Morgan fingerprint density at radius 1 is 1.11 bits per heavy atom. The molecule has 2 fully saturated rings. The van der Waals surface area contributed by atoms with E-state index in [0.29, 0.717) is 25.0 Å². The van der Waals surface area contributed by atoms with Gasteiger partial charge in [0, 0.05) is 65.8 Å². The highest BCUT2D eigenvalue weighted by atomic mass is 19.1. The highest BCUT2D eigenvalue weighted by molar-refractivity contribution is 5.91. The first-order valence-corrected chi connectivity index (χ1v) is 13.1. The lowest BCUT2D eigenvalue weighted by molar-refractivity contribution is -0.121. The van der Waals surface area contributed by atoms with Crippen molar-refractivity contribution < 1.29 is 18.4 Å². The van der Waals surface area contributed by atoms with Crippen molar-refractivity contribution in [3.8, 4) is 0 Å². The lowest BCUT2D eigenvalue weighted by atomic mass is 10.1. The Morgan fingerprint density at radius 3 is 2.19 bits per heavy atom. The third-order valence-electron chi connectivity index (χ3n) is 6.52. The van der Waals surface area contributed by atoms with E-state index in [2.05, 4.69) is 20.4 Å². The molecular weight excluding hydrogens is 482 g/mol. The fourth-order valence-corrected chi connectivity index (χ4v) is 4.54. The number of aryl methyl sites for hydroxylation is 1. The van der Waals surface area contributed by atoms with Gasteiger partial charge in [-0.15, -0.1) is 0 Å². The summed E-state index contributed by atoms with van der Waals surface area (Å²) in [4.78, 5) is 41.1. The Hall–Kier alpha value is -2.79. The van der Waals surface area contributed by atoms with Gasteiger partial charge in [-0.1, -0.05) is 27.7 Å². The summed E-state index contributed by atoms with van der Waals surface area (Å²) < 4.78 is 27.1. The van der Waals surface area contributed by atoms with Gasteiger partial charge in [-0.2, -0.15) is 0 Å². The zero-order valence-corrected chi connectivity index (χ0v) is 23.3. The monoisotopic (exact) mass is 526 g/mol. The molecule has 37 heavy (non-hydrogen) atoms. The molecule has 11 heteroatoms. The van der Waals surface area contributed by atoms with Crippen molar-refractivity contribution in [2.24, 2.45) is 7.05 Å². The quantitative estimate of drug-likeness (QED) is 0.539.